The van der Waals surface area contributed by atoms with E-state index in [2.05, 4.69) is 31.0 Å². The van der Waals surface area contributed by atoms with Gasteiger partial charge in [-0.25, -0.2) is 9.78 Å². The third-order valence-electron chi connectivity index (χ3n) is 6.44. The van der Waals surface area contributed by atoms with Gasteiger partial charge in [0.05, 0.1) is 32.0 Å². The largest absolute Gasteiger partial charge is 0.450 e. The Morgan fingerprint density at radius 2 is 2.00 bits per heavy atom. The topological polar surface area (TPSA) is 83.9 Å². The van der Waals surface area contributed by atoms with Crippen molar-refractivity contribution >= 4 is 11.9 Å². The second-order valence-electron chi connectivity index (χ2n) is 8.41. The van der Waals surface area contributed by atoms with Gasteiger partial charge < -0.3 is 19.3 Å². The molecule has 3 saturated heterocycles. The highest BCUT2D eigenvalue weighted by Crippen LogP contribution is 2.37. The first-order valence-corrected chi connectivity index (χ1v) is 11.0. The standard InChI is InChI=1S/C22H28N6O3/c1-2-30-21(29)28-15-22(16-28)13-17(14-31-22)26-9-11-27(12-10-26)20-18(5-3-7-23-20)19-6-4-8-24-25-19/h3-8,17H,2,9-16H2,1H3. The number of ether oxygens (including phenoxy) is 2. The van der Waals surface area contributed by atoms with Gasteiger partial charge in [-0.2, -0.15) is 10.2 Å². The molecule has 31 heavy (non-hydrogen) atoms. The zero-order valence-corrected chi connectivity index (χ0v) is 17.8. The molecular weight excluding hydrogens is 396 g/mol. The number of amides is 1. The summed E-state index contributed by atoms with van der Waals surface area (Å²) in [6.07, 6.45) is 4.26. The summed E-state index contributed by atoms with van der Waals surface area (Å²) < 4.78 is 11.2. The minimum atomic E-state index is -0.233. The molecule has 9 heteroatoms. The van der Waals surface area contributed by atoms with E-state index >= 15 is 0 Å². The predicted octanol–water partition coefficient (Wildman–Crippen LogP) is 1.66. The number of anilines is 1. The first-order chi connectivity index (χ1) is 15.2. The van der Waals surface area contributed by atoms with Crippen LogP contribution in [0.3, 0.4) is 0 Å². The molecule has 1 atom stereocenters. The zero-order valence-electron chi connectivity index (χ0n) is 17.8. The number of aromatic nitrogens is 3. The van der Waals surface area contributed by atoms with E-state index in [1.165, 1.54) is 0 Å². The lowest BCUT2D eigenvalue weighted by atomic mass is 9.89. The Balaban J connectivity index is 1.18. The highest BCUT2D eigenvalue weighted by atomic mass is 16.6. The fraction of sp³-hybridized carbons (Fsp3) is 0.545. The van der Waals surface area contributed by atoms with Gasteiger partial charge in [-0.05, 0) is 37.6 Å². The van der Waals surface area contributed by atoms with Gasteiger partial charge in [0.15, 0.2) is 0 Å². The van der Waals surface area contributed by atoms with E-state index < -0.39 is 0 Å². The van der Waals surface area contributed by atoms with Gasteiger partial charge in [-0.15, -0.1) is 0 Å². The van der Waals surface area contributed by atoms with Crippen LogP contribution in [0.25, 0.3) is 11.3 Å². The average Bonchev–Trinajstić information content (AvgIpc) is 3.25. The van der Waals surface area contributed by atoms with Crippen LogP contribution in [-0.4, -0.2) is 95.2 Å². The zero-order chi connectivity index (χ0) is 21.3. The minimum absolute atomic E-state index is 0.186. The molecule has 0 bridgehead atoms. The van der Waals surface area contributed by atoms with Crippen LogP contribution in [0.15, 0.2) is 36.7 Å². The lowest BCUT2D eigenvalue weighted by molar-refractivity contribution is -0.101. The molecule has 3 aliphatic rings. The number of carbonyl (C=O) groups is 1. The smallest absolute Gasteiger partial charge is 0.409 e. The Bertz CT molecular complexity index is 912. The molecule has 2 aromatic rings. The number of pyridine rings is 1. The summed E-state index contributed by atoms with van der Waals surface area (Å²) in [5.41, 5.74) is 1.67. The first kappa shape index (κ1) is 20.1. The third-order valence-corrected chi connectivity index (χ3v) is 6.44. The highest BCUT2D eigenvalue weighted by Gasteiger charge is 2.52. The molecule has 164 valence electrons. The molecule has 5 heterocycles. The summed E-state index contributed by atoms with van der Waals surface area (Å²) in [5.74, 6) is 0.964. The average molecular weight is 425 g/mol. The number of carbonyl (C=O) groups excluding carboxylic acids is 1. The molecule has 0 radical (unpaired) electrons. The fourth-order valence-electron chi connectivity index (χ4n) is 4.86. The molecule has 0 aliphatic carbocycles. The molecule has 1 unspecified atom stereocenters. The van der Waals surface area contributed by atoms with Crippen molar-refractivity contribution in [2.24, 2.45) is 0 Å². The number of hydrogen-bond donors (Lipinski definition) is 0. The number of nitrogens with zero attached hydrogens (tertiary/aromatic N) is 6. The lowest BCUT2D eigenvalue weighted by Crippen LogP contribution is -2.63. The molecule has 1 spiro atoms. The van der Waals surface area contributed by atoms with Crippen molar-refractivity contribution in [1.82, 2.24) is 25.0 Å². The Labute approximate surface area is 182 Å². The highest BCUT2D eigenvalue weighted by molar-refractivity contribution is 5.73. The summed E-state index contributed by atoms with van der Waals surface area (Å²) >= 11 is 0. The summed E-state index contributed by atoms with van der Waals surface area (Å²) in [6, 6.07) is 8.26. The normalized spacial score (nSPS) is 23.1. The van der Waals surface area contributed by atoms with E-state index in [1.54, 1.807) is 11.1 Å². The molecule has 0 aromatic carbocycles. The van der Waals surface area contributed by atoms with Crippen molar-refractivity contribution in [1.29, 1.82) is 0 Å². The summed E-state index contributed by atoms with van der Waals surface area (Å²) in [7, 11) is 0. The van der Waals surface area contributed by atoms with Crippen LogP contribution in [0.2, 0.25) is 0 Å². The van der Waals surface area contributed by atoms with Gasteiger partial charge in [-0.3, -0.25) is 4.90 Å². The van der Waals surface area contributed by atoms with E-state index in [0.29, 0.717) is 25.7 Å². The van der Waals surface area contributed by atoms with Crippen molar-refractivity contribution < 1.29 is 14.3 Å². The van der Waals surface area contributed by atoms with Gasteiger partial charge in [0.1, 0.15) is 11.4 Å². The molecule has 0 N–H and O–H groups in total. The van der Waals surface area contributed by atoms with Gasteiger partial charge in [-0.1, -0.05) is 0 Å². The molecule has 3 aliphatic heterocycles. The van der Waals surface area contributed by atoms with Gasteiger partial charge in [0.25, 0.3) is 0 Å². The maximum Gasteiger partial charge on any atom is 0.409 e. The minimum Gasteiger partial charge on any atom is -0.450 e. The van der Waals surface area contributed by atoms with Crippen LogP contribution < -0.4 is 4.90 Å². The number of rotatable bonds is 4. The quantitative estimate of drug-likeness (QED) is 0.733. The van der Waals surface area contributed by atoms with E-state index in [-0.39, 0.29) is 11.7 Å². The Kier molecular flexibility index (Phi) is 5.45. The summed E-state index contributed by atoms with van der Waals surface area (Å²) in [5, 5.41) is 8.28. The maximum absolute atomic E-state index is 11.9. The van der Waals surface area contributed by atoms with E-state index in [1.807, 2.05) is 31.3 Å². The van der Waals surface area contributed by atoms with E-state index in [0.717, 1.165) is 56.3 Å². The van der Waals surface area contributed by atoms with Crippen LogP contribution in [0.1, 0.15) is 13.3 Å². The van der Waals surface area contributed by atoms with Crippen LogP contribution in [-0.2, 0) is 9.47 Å². The molecule has 2 aromatic heterocycles. The Morgan fingerprint density at radius 1 is 1.19 bits per heavy atom. The molecule has 1 amide bonds. The Hall–Kier alpha value is -2.78. The molecule has 5 rings (SSSR count). The molecule has 0 saturated carbocycles. The maximum atomic E-state index is 11.9. The van der Waals surface area contributed by atoms with Crippen LogP contribution in [0.5, 0.6) is 0 Å². The van der Waals surface area contributed by atoms with Gasteiger partial charge in [0.2, 0.25) is 0 Å². The second-order valence-corrected chi connectivity index (χ2v) is 8.41. The predicted molar refractivity (Wildman–Crippen MR) is 115 cm³/mol. The third kappa shape index (κ3) is 3.95. The van der Waals surface area contributed by atoms with Crippen molar-refractivity contribution in [2.45, 2.75) is 25.0 Å². The first-order valence-electron chi connectivity index (χ1n) is 11.0. The van der Waals surface area contributed by atoms with Crippen molar-refractivity contribution in [3.05, 3.63) is 36.7 Å². The van der Waals surface area contributed by atoms with Crippen molar-refractivity contribution in [3.63, 3.8) is 0 Å². The molecular formula is C22H28N6O3. The Morgan fingerprint density at radius 3 is 2.74 bits per heavy atom. The van der Waals surface area contributed by atoms with Crippen LogP contribution in [0, 0.1) is 0 Å². The number of hydrogen-bond acceptors (Lipinski definition) is 8. The molecule has 9 nitrogen and oxygen atoms in total. The van der Waals surface area contributed by atoms with E-state index in [9.17, 15) is 4.79 Å². The fourth-order valence-corrected chi connectivity index (χ4v) is 4.86. The van der Waals surface area contributed by atoms with Gasteiger partial charge in [0, 0.05) is 50.2 Å². The molecule has 3 fully saturated rings. The van der Waals surface area contributed by atoms with Crippen molar-refractivity contribution in [2.75, 3.05) is 57.4 Å². The number of likely N-dealkylation sites (tertiary alicyclic amines) is 1. The summed E-state index contributed by atoms with van der Waals surface area (Å²) in [4.78, 5) is 23.1. The van der Waals surface area contributed by atoms with E-state index in [4.69, 9.17) is 9.47 Å². The monoisotopic (exact) mass is 424 g/mol. The number of piperazine rings is 1. The second kappa shape index (κ2) is 8.39. The van der Waals surface area contributed by atoms with Gasteiger partial charge >= 0.3 is 6.09 Å². The SMILES string of the molecule is CCOC(=O)N1CC2(CC(N3CCN(c4ncccc4-c4cccnn4)CC3)CO2)C1. The van der Waals surface area contributed by atoms with Crippen LogP contribution in [0.4, 0.5) is 10.6 Å². The van der Waals surface area contributed by atoms with Crippen LogP contribution >= 0.6 is 0 Å². The lowest BCUT2D eigenvalue weighted by Gasteiger charge is -2.46. The van der Waals surface area contributed by atoms with Crippen molar-refractivity contribution in [3.8, 4) is 11.3 Å². The summed E-state index contributed by atoms with van der Waals surface area (Å²) in [6.45, 7) is 7.97.